The largest absolute Gasteiger partial charge is 0.350 e. The van der Waals surface area contributed by atoms with Crippen molar-refractivity contribution in [2.45, 2.75) is 44.0 Å². The van der Waals surface area contributed by atoms with Gasteiger partial charge in [-0.3, -0.25) is 4.79 Å². The maximum atomic E-state index is 12.3. The Bertz CT molecular complexity index is 649. The highest BCUT2D eigenvalue weighted by atomic mass is 32.2. The lowest BCUT2D eigenvalue weighted by atomic mass is 9.85. The van der Waals surface area contributed by atoms with Gasteiger partial charge in [0.25, 0.3) is 0 Å². The summed E-state index contributed by atoms with van der Waals surface area (Å²) in [6.07, 6.45) is 4.08. The third kappa shape index (κ3) is 5.31. The smallest absolute Gasteiger partial charge is 0.220 e. The lowest BCUT2D eigenvalue weighted by molar-refractivity contribution is -0.123. The first kappa shape index (κ1) is 18.9. The molecule has 6 heteroatoms. The molecule has 0 spiro atoms. The molecule has 3 unspecified atom stereocenters. The second-order valence-corrected chi connectivity index (χ2v) is 8.93. The van der Waals surface area contributed by atoms with Gasteiger partial charge in [0, 0.05) is 12.7 Å². The molecule has 0 aromatic heterocycles. The van der Waals surface area contributed by atoms with E-state index in [0.29, 0.717) is 23.2 Å². The lowest BCUT2D eigenvalue weighted by Gasteiger charge is -2.28. The number of piperidine rings is 1. The van der Waals surface area contributed by atoms with Crippen LogP contribution in [0.15, 0.2) is 29.2 Å². The molecule has 1 saturated heterocycles. The van der Waals surface area contributed by atoms with Gasteiger partial charge < -0.3 is 10.6 Å². The number of benzene rings is 1. The fourth-order valence-electron chi connectivity index (χ4n) is 3.21. The van der Waals surface area contributed by atoms with Crippen molar-refractivity contribution >= 4 is 15.7 Å². The molecule has 0 aliphatic carbocycles. The maximum absolute atomic E-state index is 12.3. The van der Waals surface area contributed by atoms with E-state index in [9.17, 15) is 13.2 Å². The van der Waals surface area contributed by atoms with Gasteiger partial charge in [-0.05, 0) is 62.4 Å². The molecule has 1 aromatic rings. The molecule has 2 rings (SSSR count). The van der Waals surface area contributed by atoms with Gasteiger partial charge in [-0.2, -0.15) is 0 Å². The normalized spacial score (nSPS) is 21.0. The summed E-state index contributed by atoms with van der Waals surface area (Å²) < 4.78 is 23.0. The topological polar surface area (TPSA) is 75.3 Å². The summed E-state index contributed by atoms with van der Waals surface area (Å²) in [5, 5.41) is 6.41. The molecule has 0 saturated carbocycles. The molecule has 1 aliphatic heterocycles. The Morgan fingerprint density at radius 1 is 1.29 bits per heavy atom. The van der Waals surface area contributed by atoms with Crippen LogP contribution in [-0.4, -0.2) is 33.7 Å². The third-order valence-corrected chi connectivity index (χ3v) is 5.96. The summed E-state index contributed by atoms with van der Waals surface area (Å²) in [4.78, 5) is 12.6. The van der Waals surface area contributed by atoms with Gasteiger partial charge in [0.1, 0.15) is 0 Å². The summed E-state index contributed by atoms with van der Waals surface area (Å²) in [6, 6.07) is 6.56. The molecule has 0 bridgehead atoms. The number of sulfone groups is 1. The van der Waals surface area contributed by atoms with Crippen LogP contribution < -0.4 is 10.6 Å². The van der Waals surface area contributed by atoms with Gasteiger partial charge in [-0.15, -0.1) is 0 Å². The van der Waals surface area contributed by atoms with Crippen molar-refractivity contribution in [1.82, 2.24) is 10.6 Å². The standard InChI is InChI=1S/C18H28N2O3S/c1-13(16-5-4-10-19-12-16)11-18(21)20-14(2)15-6-8-17(9-7-15)24(3,22)23/h6-9,13-14,16,19H,4-5,10-12H2,1-3H3,(H,20,21). The Morgan fingerprint density at radius 3 is 2.50 bits per heavy atom. The first-order chi connectivity index (χ1) is 11.3. The molecular formula is C18H28N2O3S. The van der Waals surface area contributed by atoms with E-state index in [2.05, 4.69) is 17.6 Å². The third-order valence-electron chi connectivity index (χ3n) is 4.83. The van der Waals surface area contributed by atoms with Gasteiger partial charge in [-0.1, -0.05) is 19.1 Å². The monoisotopic (exact) mass is 352 g/mol. The molecule has 1 aliphatic rings. The fourth-order valence-corrected chi connectivity index (χ4v) is 3.84. The van der Waals surface area contributed by atoms with Crippen molar-refractivity contribution < 1.29 is 13.2 Å². The molecule has 5 nitrogen and oxygen atoms in total. The zero-order chi connectivity index (χ0) is 17.7. The molecule has 134 valence electrons. The maximum Gasteiger partial charge on any atom is 0.220 e. The minimum atomic E-state index is -3.19. The van der Waals surface area contributed by atoms with E-state index in [1.165, 1.54) is 19.1 Å². The molecular weight excluding hydrogens is 324 g/mol. The predicted molar refractivity (Wildman–Crippen MR) is 95.5 cm³/mol. The highest BCUT2D eigenvalue weighted by Gasteiger charge is 2.22. The second-order valence-electron chi connectivity index (χ2n) is 6.92. The van der Waals surface area contributed by atoms with E-state index in [0.717, 1.165) is 18.7 Å². The predicted octanol–water partition coefficient (Wildman–Crippen LogP) is 2.29. The zero-order valence-corrected chi connectivity index (χ0v) is 15.5. The Morgan fingerprint density at radius 2 is 1.96 bits per heavy atom. The van der Waals surface area contributed by atoms with Gasteiger partial charge in [-0.25, -0.2) is 8.42 Å². The second kappa shape index (κ2) is 8.12. The van der Waals surface area contributed by atoms with Gasteiger partial charge in [0.05, 0.1) is 10.9 Å². The van der Waals surface area contributed by atoms with E-state index < -0.39 is 9.84 Å². The van der Waals surface area contributed by atoms with Crippen LogP contribution in [-0.2, 0) is 14.6 Å². The lowest BCUT2D eigenvalue weighted by Crippen LogP contribution is -2.36. The highest BCUT2D eigenvalue weighted by molar-refractivity contribution is 7.90. The van der Waals surface area contributed by atoms with Crippen molar-refractivity contribution in [3.05, 3.63) is 29.8 Å². The van der Waals surface area contributed by atoms with Crippen LogP contribution >= 0.6 is 0 Å². The van der Waals surface area contributed by atoms with Crippen LogP contribution in [0.2, 0.25) is 0 Å². The summed E-state index contributed by atoms with van der Waals surface area (Å²) in [5.41, 5.74) is 0.905. The number of hydrogen-bond donors (Lipinski definition) is 2. The summed E-state index contributed by atoms with van der Waals surface area (Å²) in [5.74, 6) is 0.972. The Kier molecular flexibility index (Phi) is 6.40. The average Bonchev–Trinajstić information content (AvgIpc) is 2.54. The molecule has 1 aromatic carbocycles. The molecule has 0 radical (unpaired) electrons. The van der Waals surface area contributed by atoms with Crippen molar-refractivity contribution in [3.63, 3.8) is 0 Å². The van der Waals surface area contributed by atoms with Crippen LogP contribution in [0.3, 0.4) is 0 Å². The number of amides is 1. The highest BCUT2D eigenvalue weighted by Crippen LogP contribution is 2.23. The minimum absolute atomic E-state index is 0.0489. The quantitative estimate of drug-likeness (QED) is 0.824. The van der Waals surface area contributed by atoms with Crippen LogP contribution in [0.5, 0.6) is 0 Å². The van der Waals surface area contributed by atoms with Gasteiger partial charge in [0.2, 0.25) is 5.91 Å². The molecule has 1 heterocycles. The summed E-state index contributed by atoms with van der Waals surface area (Å²) >= 11 is 0. The van der Waals surface area contributed by atoms with E-state index in [1.807, 2.05) is 6.92 Å². The van der Waals surface area contributed by atoms with Crippen LogP contribution in [0.4, 0.5) is 0 Å². The van der Waals surface area contributed by atoms with E-state index >= 15 is 0 Å². The molecule has 3 atom stereocenters. The van der Waals surface area contributed by atoms with E-state index in [4.69, 9.17) is 0 Å². The van der Waals surface area contributed by atoms with Crippen molar-refractivity contribution in [3.8, 4) is 0 Å². The van der Waals surface area contributed by atoms with Crippen molar-refractivity contribution in [2.24, 2.45) is 11.8 Å². The van der Waals surface area contributed by atoms with Crippen LogP contribution in [0, 0.1) is 11.8 Å². The van der Waals surface area contributed by atoms with Gasteiger partial charge >= 0.3 is 0 Å². The Labute approximate surface area is 145 Å². The first-order valence-electron chi connectivity index (χ1n) is 8.57. The number of carbonyl (C=O) groups is 1. The van der Waals surface area contributed by atoms with E-state index in [-0.39, 0.29) is 11.9 Å². The average molecular weight is 352 g/mol. The number of carbonyl (C=O) groups excluding carboxylic acids is 1. The SMILES string of the molecule is CC(NC(=O)CC(C)C1CCCNC1)c1ccc(S(C)(=O)=O)cc1. The molecule has 1 amide bonds. The van der Waals surface area contributed by atoms with E-state index in [1.54, 1.807) is 24.3 Å². The summed E-state index contributed by atoms with van der Waals surface area (Å²) in [7, 11) is -3.19. The molecule has 1 fully saturated rings. The van der Waals surface area contributed by atoms with Crippen molar-refractivity contribution in [1.29, 1.82) is 0 Å². The summed E-state index contributed by atoms with van der Waals surface area (Å²) in [6.45, 7) is 6.13. The Balaban J connectivity index is 1.88. The number of rotatable bonds is 6. The first-order valence-corrected chi connectivity index (χ1v) is 10.5. The number of nitrogens with one attached hydrogen (secondary N) is 2. The minimum Gasteiger partial charge on any atom is -0.350 e. The fraction of sp³-hybridized carbons (Fsp3) is 0.611. The molecule has 2 N–H and O–H groups in total. The molecule has 24 heavy (non-hydrogen) atoms. The zero-order valence-electron chi connectivity index (χ0n) is 14.7. The Hall–Kier alpha value is -1.40. The van der Waals surface area contributed by atoms with Gasteiger partial charge in [0.15, 0.2) is 9.84 Å². The van der Waals surface area contributed by atoms with Crippen molar-refractivity contribution in [2.75, 3.05) is 19.3 Å². The van der Waals surface area contributed by atoms with Crippen LogP contribution in [0.25, 0.3) is 0 Å². The van der Waals surface area contributed by atoms with Crippen LogP contribution in [0.1, 0.15) is 44.7 Å². The number of hydrogen-bond acceptors (Lipinski definition) is 4.